The number of rotatable bonds is 17. The second-order valence-electron chi connectivity index (χ2n) is 16.0. The van der Waals surface area contributed by atoms with Crippen LogP contribution in [0.3, 0.4) is 0 Å². The van der Waals surface area contributed by atoms with E-state index < -0.39 is 65.8 Å². The highest BCUT2D eigenvalue weighted by atomic mass is 16.3. The second kappa shape index (κ2) is 23.8. The maximum absolute atomic E-state index is 14.2. The number of aliphatic hydroxyl groups is 1. The maximum Gasteiger partial charge on any atom is 0.373 e. The number of hydrogen-bond donors (Lipinski definition) is 5. The first kappa shape index (κ1) is 47.0. The van der Waals surface area contributed by atoms with E-state index >= 15 is 0 Å². The number of carbonyl (C=O) groups is 7. The lowest BCUT2D eigenvalue weighted by Crippen LogP contribution is -2.60. The van der Waals surface area contributed by atoms with Gasteiger partial charge in [0.25, 0.3) is 0 Å². The number of piperidine rings is 1. The third-order valence-electron chi connectivity index (χ3n) is 11.7. The fourth-order valence-corrected chi connectivity index (χ4v) is 8.27. The minimum Gasteiger partial charge on any atom is -0.391 e. The Hall–Kier alpha value is -4.37. The summed E-state index contributed by atoms with van der Waals surface area (Å²) in [6, 6.07) is -4.92. The summed E-state index contributed by atoms with van der Waals surface area (Å²) in [6.45, 7) is 9.27. The van der Waals surface area contributed by atoms with Crippen molar-refractivity contribution in [1.82, 2.24) is 36.0 Å². The molecule has 1 aliphatic carbocycles. The van der Waals surface area contributed by atoms with Crippen LogP contribution in [0.1, 0.15) is 124 Å². The zero-order chi connectivity index (χ0) is 42.1. The van der Waals surface area contributed by atoms with Crippen LogP contribution in [0, 0.1) is 11.8 Å². The second-order valence-corrected chi connectivity index (χ2v) is 16.0. The van der Waals surface area contributed by atoms with E-state index in [1.165, 1.54) is 30.1 Å². The molecule has 3 aliphatic heterocycles. The van der Waals surface area contributed by atoms with Crippen LogP contribution in [0.4, 0.5) is 0 Å². The van der Waals surface area contributed by atoms with Gasteiger partial charge in [0.15, 0.2) is 0 Å². The van der Waals surface area contributed by atoms with Crippen molar-refractivity contribution in [1.29, 1.82) is 0 Å². The van der Waals surface area contributed by atoms with Gasteiger partial charge in [0.05, 0.1) is 6.10 Å². The number of hydrogen-bond acceptors (Lipinski definition) is 10. The van der Waals surface area contributed by atoms with E-state index in [1.807, 2.05) is 6.92 Å². The van der Waals surface area contributed by atoms with Crippen LogP contribution >= 0.6 is 0 Å². The van der Waals surface area contributed by atoms with Crippen LogP contribution < -0.4 is 21.3 Å². The molecule has 3 heterocycles. The van der Waals surface area contributed by atoms with E-state index in [0.717, 1.165) is 32.1 Å². The zero-order valence-corrected chi connectivity index (χ0v) is 34.2. The van der Waals surface area contributed by atoms with Crippen molar-refractivity contribution in [3.8, 4) is 0 Å². The molecule has 4 aliphatic rings. The lowest BCUT2D eigenvalue weighted by atomic mass is 9.79. The molecule has 0 unspecified atom stereocenters. The van der Waals surface area contributed by atoms with Gasteiger partial charge in [-0.05, 0) is 77.0 Å². The van der Waals surface area contributed by atoms with Crippen LogP contribution in [0.25, 0.3) is 0 Å². The minimum atomic E-state index is -1.18. The molecular weight excluding hydrogens is 738 g/mol. The molecule has 3 saturated heterocycles. The third-order valence-corrected chi connectivity index (χ3v) is 11.7. The van der Waals surface area contributed by atoms with Gasteiger partial charge in [0.2, 0.25) is 41.4 Å². The molecule has 5 N–H and O–H groups in total. The monoisotopic (exact) mass is 803 g/mol. The fourth-order valence-electron chi connectivity index (χ4n) is 8.27. The van der Waals surface area contributed by atoms with Gasteiger partial charge < -0.3 is 41.1 Å². The predicted molar refractivity (Wildman–Crippen MR) is 206 cm³/mol. The molecule has 7 atom stereocenters. The highest BCUT2D eigenvalue weighted by Gasteiger charge is 2.41. The molecule has 0 spiro atoms. The first-order chi connectivity index (χ1) is 27.2. The van der Waals surface area contributed by atoms with Gasteiger partial charge in [0.1, 0.15) is 30.2 Å². The lowest BCUT2D eigenvalue weighted by molar-refractivity contribution is -0.191. The molecule has 4 rings (SSSR count). The largest absolute Gasteiger partial charge is 0.391 e. The fraction of sp³-hybridized carbons (Fsp3) is 0.800. The van der Waals surface area contributed by atoms with Crippen molar-refractivity contribution in [2.24, 2.45) is 11.8 Å². The van der Waals surface area contributed by atoms with E-state index in [-0.39, 0.29) is 43.3 Å². The Morgan fingerprint density at radius 3 is 1.89 bits per heavy atom. The van der Waals surface area contributed by atoms with E-state index in [9.17, 15) is 38.7 Å². The topological polar surface area (TPSA) is 232 Å². The van der Waals surface area contributed by atoms with Crippen molar-refractivity contribution in [3.63, 3.8) is 0 Å². The molecule has 0 bridgehead atoms. The van der Waals surface area contributed by atoms with Crippen molar-refractivity contribution >= 4 is 47.5 Å². The first-order valence-electron chi connectivity index (χ1n) is 21.0. The molecule has 0 aromatic rings. The number of likely N-dealkylation sites (tertiary alicyclic amines) is 3. The number of aliphatic hydroxyl groups excluding tert-OH is 1. The van der Waals surface area contributed by atoms with Crippen LogP contribution in [0.5, 0.6) is 0 Å². The average Bonchev–Trinajstić information content (AvgIpc) is 3.67. The SMILES string of the molecule is CCCNC(=O)[C@@H](NC(=O)[C@@H]1CCCN1C(=O)[C@H](C)NC(=O)[C@@H]1CCCCN1C(=O)[C@H](CCC(=O)N1CCC1)NC(=O)C[C@H](C)C1CCCCC1)[C@@H](C)O.O=C=O. The zero-order valence-electron chi connectivity index (χ0n) is 34.2. The van der Waals surface area contributed by atoms with Crippen molar-refractivity contribution < 1.29 is 48.3 Å². The highest BCUT2D eigenvalue weighted by Crippen LogP contribution is 2.31. The standard InChI is InChI=1S/C39H65N7O8.CO2/c1-5-19-40-37(52)34(27(4)47)43-36(51)31-16-11-23-45(31)38(53)26(3)41-35(50)30-15-9-10-22-46(30)39(54)29(17-18-33(49)44-20-12-21-44)42-32(48)24-25(2)28-13-7-6-8-14-28;2-1-3/h25-31,34,47H,5-24H2,1-4H3,(H,40,52)(H,41,50)(H,42,48)(H,43,51);/t25-,26-,27+,29-,30-,31-,34-;/m0./s1. The van der Waals surface area contributed by atoms with Crippen LogP contribution in [-0.2, 0) is 43.2 Å². The van der Waals surface area contributed by atoms with Crippen LogP contribution in [-0.4, -0.2) is 136 Å². The minimum absolute atomic E-state index is 0.0563. The molecule has 0 radical (unpaired) electrons. The molecule has 320 valence electrons. The number of carbonyl (C=O) groups excluding carboxylic acids is 9. The van der Waals surface area contributed by atoms with E-state index in [0.29, 0.717) is 77.0 Å². The van der Waals surface area contributed by atoms with Crippen LogP contribution in [0.2, 0.25) is 0 Å². The van der Waals surface area contributed by atoms with Gasteiger partial charge >= 0.3 is 6.15 Å². The summed E-state index contributed by atoms with van der Waals surface area (Å²) < 4.78 is 0. The van der Waals surface area contributed by atoms with Crippen molar-refractivity contribution in [2.45, 2.75) is 160 Å². The Bertz CT molecular complexity index is 1430. The Labute approximate surface area is 336 Å². The summed E-state index contributed by atoms with van der Waals surface area (Å²) >= 11 is 0. The molecule has 17 heteroatoms. The molecule has 7 amide bonds. The lowest BCUT2D eigenvalue weighted by Gasteiger charge is -2.38. The summed E-state index contributed by atoms with van der Waals surface area (Å²) in [6.07, 6.45) is 9.64. The summed E-state index contributed by atoms with van der Waals surface area (Å²) in [7, 11) is 0. The summed E-state index contributed by atoms with van der Waals surface area (Å²) in [5, 5.41) is 21.2. The molecule has 1 saturated carbocycles. The Morgan fingerprint density at radius 2 is 1.30 bits per heavy atom. The van der Waals surface area contributed by atoms with E-state index in [2.05, 4.69) is 28.2 Å². The molecule has 4 fully saturated rings. The quantitative estimate of drug-likeness (QED) is 0.139. The van der Waals surface area contributed by atoms with E-state index in [4.69, 9.17) is 9.59 Å². The van der Waals surface area contributed by atoms with Gasteiger partial charge in [-0.2, -0.15) is 9.59 Å². The first-order valence-corrected chi connectivity index (χ1v) is 21.0. The molecular formula is C40H65N7O10. The van der Waals surface area contributed by atoms with Gasteiger partial charge in [-0.3, -0.25) is 33.6 Å². The van der Waals surface area contributed by atoms with E-state index in [1.54, 1.807) is 4.90 Å². The van der Waals surface area contributed by atoms with Gasteiger partial charge in [-0.15, -0.1) is 0 Å². The maximum atomic E-state index is 14.2. The highest BCUT2D eigenvalue weighted by molar-refractivity contribution is 5.97. The van der Waals surface area contributed by atoms with Gasteiger partial charge in [0, 0.05) is 45.6 Å². The van der Waals surface area contributed by atoms with Gasteiger partial charge in [-0.25, -0.2) is 0 Å². The number of amides is 7. The average molecular weight is 804 g/mol. The summed E-state index contributed by atoms with van der Waals surface area (Å²) in [5.74, 6) is -2.10. The Balaban J connectivity index is 0.00000281. The predicted octanol–water partition coefficient (Wildman–Crippen LogP) is 0.775. The van der Waals surface area contributed by atoms with Gasteiger partial charge in [-0.1, -0.05) is 46.0 Å². The van der Waals surface area contributed by atoms with Crippen molar-refractivity contribution in [3.05, 3.63) is 0 Å². The van der Waals surface area contributed by atoms with Crippen molar-refractivity contribution in [2.75, 3.05) is 32.7 Å². The number of nitrogens with zero attached hydrogens (tertiary/aromatic N) is 3. The molecule has 0 aromatic heterocycles. The third kappa shape index (κ3) is 13.9. The summed E-state index contributed by atoms with van der Waals surface area (Å²) in [4.78, 5) is 115. The normalized spacial score (nSPS) is 22.2. The Morgan fingerprint density at radius 1 is 0.719 bits per heavy atom. The molecule has 57 heavy (non-hydrogen) atoms. The molecule has 0 aromatic carbocycles. The Kier molecular flexibility index (Phi) is 19.6. The summed E-state index contributed by atoms with van der Waals surface area (Å²) in [5.41, 5.74) is 0. The smallest absolute Gasteiger partial charge is 0.373 e. The van der Waals surface area contributed by atoms with Crippen LogP contribution in [0.15, 0.2) is 0 Å². The molecule has 17 nitrogen and oxygen atoms in total. The number of nitrogens with one attached hydrogen (secondary N) is 4.